The number of para-hydroxylation sites is 1. The molecule has 1 fully saturated rings. The van der Waals surface area contributed by atoms with Crippen LogP contribution in [0.3, 0.4) is 0 Å². The molecule has 6 heteroatoms. The summed E-state index contributed by atoms with van der Waals surface area (Å²) in [6.07, 6.45) is 5.17. The van der Waals surface area contributed by atoms with Crippen molar-refractivity contribution in [1.82, 2.24) is 0 Å². The summed E-state index contributed by atoms with van der Waals surface area (Å²) < 4.78 is 11.8. The van der Waals surface area contributed by atoms with Crippen LogP contribution >= 0.6 is 11.8 Å². The Morgan fingerprint density at radius 1 is 1.19 bits per heavy atom. The Kier molecular flexibility index (Phi) is 7.12. The summed E-state index contributed by atoms with van der Waals surface area (Å²) >= 11 is 1.56. The van der Waals surface area contributed by atoms with Gasteiger partial charge < -0.3 is 19.7 Å². The largest absolute Gasteiger partial charge is 0.483 e. The Morgan fingerprint density at radius 3 is 2.84 bits per heavy atom. The van der Waals surface area contributed by atoms with E-state index in [1.165, 1.54) is 0 Å². The van der Waals surface area contributed by atoms with Gasteiger partial charge in [0.2, 0.25) is 0 Å². The fourth-order valence-corrected chi connectivity index (χ4v) is 4.84. The molecule has 4 atom stereocenters. The van der Waals surface area contributed by atoms with E-state index in [0.29, 0.717) is 19.0 Å². The lowest BCUT2D eigenvalue weighted by molar-refractivity contribution is 0.0470. The van der Waals surface area contributed by atoms with Gasteiger partial charge in [0, 0.05) is 12.3 Å². The van der Waals surface area contributed by atoms with Crippen molar-refractivity contribution in [2.45, 2.75) is 25.0 Å². The Hall–Kier alpha value is -2.54. The van der Waals surface area contributed by atoms with Crippen molar-refractivity contribution >= 4 is 23.3 Å². The number of fused-ring (bicyclic) bond motifs is 1. The van der Waals surface area contributed by atoms with Crippen molar-refractivity contribution in [2.75, 3.05) is 12.5 Å². The van der Waals surface area contributed by atoms with E-state index in [-0.39, 0.29) is 23.5 Å². The molecule has 0 amide bonds. The molecule has 2 aromatic rings. The fourth-order valence-electron chi connectivity index (χ4n) is 4.27. The molecule has 1 saturated carbocycles. The molecule has 1 aliphatic carbocycles. The number of hydrogen-bond donors (Lipinski definition) is 2. The van der Waals surface area contributed by atoms with E-state index in [2.05, 4.69) is 12.2 Å². The number of aromatic carboxylic acids is 1. The van der Waals surface area contributed by atoms with Crippen LogP contribution in [-0.4, -0.2) is 40.9 Å². The second-order valence-corrected chi connectivity index (χ2v) is 8.66. The third-order valence-electron chi connectivity index (χ3n) is 5.89. The number of allylic oxidation sites excluding steroid dienone is 1. The summed E-state index contributed by atoms with van der Waals surface area (Å²) in [4.78, 5) is 11.3. The number of aliphatic hydroxyl groups is 1. The maximum Gasteiger partial charge on any atom is 0.335 e. The SMILES string of the molecule is O=C(O)c1cccc(C2=CC[C@@H]3[C@@H](/C=C/SCOc4ccccc4)[C@H](O)C[C@@H]3OC2)c1. The van der Waals surface area contributed by atoms with Crippen molar-refractivity contribution in [1.29, 1.82) is 0 Å². The monoisotopic (exact) mass is 438 g/mol. The zero-order valence-electron chi connectivity index (χ0n) is 17.1. The molecule has 0 saturated heterocycles. The Bertz CT molecular complexity index is 955. The topological polar surface area (TPSA) is 76.0 Å². The van der Waals surface area contributed by atoms with Gasteiger partial charge in [-0.2, -0.15) is 0 Å². The fraction of sp³-hybridized carbons (Fsp3) is 0.320. The molecule has 0 radical (unpaired) electrons. The number of thioether (sulfide) groups is 1. The van der Waals surface area contributed by atoms with E-state index in [9.17, 15) is 15.0 Å². The second-order valence-electron chi connectivity index (χ2n) is 7.82. The molecule has 0 bridgehead atoms. The highest BCUT2D eigenvalue weighted by Crippen LogP contribution is 2.41. The zero-order chi connectivity index (χ0) is 21.6. The third kappa shape index (κ3) is 5.39. The molecular weight excluding hydrogens is 412 g/mol. The molecule has 0 unspecified atom stereocenters. The van der Waals surface area contributed by atoms with Crippen LogP contribution < -0.4 is 4.74 Å². The Balaban J connectivity index is 1.37. The first-order valence-electron chi connectivity index (χ1n) is 10.4. The predicted molar refractivity (Wildman–Crippen MR) is 122 cm³/mol. The summed E-state index contributed by atoms with van der Waals surface area (Å²) in [5.74, 6) is 0.636. The van der Waals surface area contributed by atoms with Crippen LogP contribution in [-0.2, 0) is 4.74 Å². The lowest BCUT2D eigenvalue weighted by Gasteiger charge is -2.20. The van der Waals surface area contributed by atoms with Crippen LogP contribution in [0.2, 0.25) is 0 Å². The smallest absolute Gasteiger partial charge is 0.335 e. The predicted octanol–water partition coefficient (Wildman–Crippen LogP) is 4.84. The van der Waals surface area contributed by atoms with Crippen molar-refractivity contribution < 1.29 is 24.5 Å². The molecule has 2 aromatic carbocycles. The van der Waals surface area contributed by atoms with Gasteiger partial charge in [-0.15, -0.1) is 0 Å². The van der Waals surface area contributed by atoms with E-state index in [4.69, 9.17) is 9.47 Å². The van der Waals surface area contributed by atoms with E-state index >= 15 is 0 Å². The molecule has 0 aromatic heterocycles. The van der Waals surface area contributed by atoms with Gasteiger partial charge in [-0.1, -0.05) is 54.2 Å². The van der Waals surface area contributed by atoms with E-state index in [1.54, 1.807) is 30.0 Å². The van der Waals surface area contributed by atoms with Crippen molar-refractivity contribution in [3.8, 4) is 5.75 Å². The van der Waals surface area contributed by atoms with Crippen LogP contribution in [0.4, 0.5) is 0 Å². The standard InChI is InChI=1S/C25H26O5S/c26-23-14-24-22(21(23)11-12-31-16-30-20-7-2-1-3-8-20)10-9-19(15-29-24)17-5-4-6-18(13-17)25(27)28/h1-9,11-13,21-24,26H,10,14-16H2,(H,27,28)/b12-11+/t21-,22-,23-,24+/m1/s1. The van der Waals surface area contributed by atoms with Gasteiger partial charge in [0.25, 0.3) is 0 Å². The number of benzene rings is 2. The summed E-state index contributed by atoms with van der Waals surface area (Å²) in [5, 5.41) is 21.8. The normalized spacial score (nSPS) is 25.6. The first kappa shape index (κ1) is 21.7. The molecule has 5 nitrogen and oxygen atoms in total. The second kappa shape index (κ2) is 10.2. The minimum Gasteiger partial charge on any atom is -0.483 e. The average molecular weight is 439 g/mol. The number of carbonyl (C=O) groups is 1. The Labute approximate surface area is 186 Å². The number of hydrogen-bond acceptors (Lipinski definition) is 5. The van der Waals surface area contributed by atoms with Gasteiger partial charge in [0.05, 0.1) is 24.4 Å². The summed E-state index contributed by atoms with van der Waals surface area (Å²) in [5.41, 5.74) is 2.15. The summed E-state index contributed by atoms with van der Waals surface area (Å²) in [6.45, 7) is 0.424. The third-order valence-corrected chi connectivity index (χ3v) is 6.50. The van der Waals surface area contributed by atoms with E-state index < -0.39 is 12.1 Å². The van der Waals surface area contributed by atoms with Gasteiger partial charge in [0.1, 0.15) is 11.7 Å². The number of carboxylic acid groups (broad SMARTS) is 1. The van der Waals surface area contributed by atoms with Gasteiger partial charge in [-0.3, -0.25) is 0 Å². The molecule has 2 N–H and O–H groups in total. The number of aliphatic hydroxyl groups excluding tert-OH is 1. The molecular formula is C25H26O5S. The van der Waals surface area contributed by atoms with E-state index in [1.807, 2.05) is 41.8 Å². The van der Waals surface area contributed by atoms with Crippen molar-refractivity contribution in [3.05, 3.63) is 83.3 Å². The number of ether oxygens (including phenoxy) is 2. The number of carboxylic acids is 1. The van der Waals surface area contributed by atoms with Crippen LogP contribution in [0.25, 0.3) is 5.57 Å². The molecule has 1 aliphatic heterocycles. The number of rotatable bonds is 7. The molecule has 0 spiro atoms. The van der Waals surface area contributed by atoms with Crippen LogP contribution in [0, 0.1) is 11.8 Å². The van der Waals surface area contributed by atoms with Crippen molar-refractivity contribution in [2.24, 2.45) is 11.8 Å². The van der Waals surface area contributed by atoms with Gasteiger partial charge >= 0.3 is 5.97 Å². The minimum absolute atomic E-state index is 0.00775. The maximum atomic E-state index is 11.3. The molecule has 162 valence electrons. The van der Waals surface area contributed by atoms with Gasteiger partial charge in [0.15, 0.2) is 0 Å². The highest BCUT2D eigenvalue weighted by Gasteiger charge is 2.42. The highest BCUT2D eigenvalue weighted by molar-refractivity contribution is 8.02. The molecule has 1 heterocycles. The maximum absolute atomic E-state index is 11.3. The lowest BCUT2D eigenvalue weighted by Crippen LogP contribution is -2.21. The molecule has 2 aliphatic rings. The lowest BCUT2D eigenvalue weighted by atomic mass is 9.90. The molecule has 4 rings (SSSR count). The first-order chi connectivity index (χ1) is 15.1. The Morgan fingerprint density at radius 2 is 2.03 bits per heavy atom. The van der Waals surface area contributed by atoms with Gasteiger partial charge in [-0.25, -0.2) is 4.79 Å². The minimum atomic E-state index is -0.934. The molecule has 31 heavy (non-hydrogen) atoms. The van der Waals surface area contributed by atoms with Crippen molar-refractivity contribution in [3.63, 3.8) is 0 Å². The van der Waals surface area contributed by atoms with Crippen LogP contribution in [0.5, 0.6) is 5.75 Å². The average Bonchev–Trinajstić information content (AvgIpc) is 2.94. The zero-order valence-corrected chi connectivity index (χ0v) is 17.9. The van der Waals surface area contributed by atoms with Gasteiger partial charge in [-0.05, 0) is 53.1 Å². The van der Waals surface area contributed by atoms with E-state index in [0.717, 1.165) is 23.3 Å². The highest BCUT2D eigenvalue weighted by atomic mass is 32.2. The summed E-state index contributed by atoms with van der Waals surface area (Å²) in [7, 11) is 0. The first-order valence-corrected chi connectivity index (χ1v) is 11.5. The van der Waals surface area contributed by atoms with Crippen LogP contribution in [0.1, 0.15) is 28.8 Å². The summed E-state index contributed by atoms with van der Waals surface area (Å²) in [6, 6.07) is 16.6. The quantitative estimate of drug-likeness (QED) is 0.476. The van der Waals surface area contributed by atoms with Crippen LogP contribution in [0.15, 0.2) is 72.2 Å².